The molecule has 1 aliphatic heterocycles. The van der Waals surface area contributed by atoms with Crippen molar-refractivity contribution in [3.63, 3.8) is 0 Å². The van der Waals surface area contributed by atoms with Gasteiger partial charge in [0.2, 0.25) is 0 Å². The van der Waals surface area contributed by atoms with E-state index in [1.165, 1.54) is 10.9 Å². The van der Waals surface area contributed by atoms with Gasteiger partial charge in [-0.1, -0.05) is 12.1 Å². The molecular formula is C21H29FN4OS. The van der Waals surface area contributed by atoms with Crippen LogP contribution in [0.2, 0.25) is 0 Å². The summed E-state index contributed by atoms with van der Waals surface area (Å²) in [6.07, 6.45) is 2.58. The van der Waals surface area contributed by atoms with Crippen LogP contribution in [0.4, 0.5) is 4.39 Å². The van der Waals surface area contributed by atoms with Crippen LogP contribution >= 0.6 is 11.3 Å². The van der Waals surface area contributed by atoms with Gasteiger partial charge in [0.05, 0.1) is 10.7 Å². The van der Waals surface area contributed by atoms with E-state index in [4.69, 9.17) is 4.74 Å². The lowest BCUT2D eigenvalue weighted by Crippen LogP contribution is -2.48. The maximum atomic E-state index is 13.8. The minimum atomic E-state index is -0.195. The van der Waals surface area contributed by atoms with Crippen molar-refractivity contribution in [3.05, 3.63) is 51.2 Å². The highest BCUT2D eigenvalue weighted by Gasteiger charge is 2.34. The van der Waals surface area contributed by atoms with Gasteiger partial charge in [-0.2, -0.15) is 0 Å². The number of halogens is 1. The summed E-state index contributed by atoms with van der Waals surface area (Å²) in [5.41, 5.74) is 1.98. The minimum absolute atomic E-state index is 0.151. The number of hydrogen-bond donors (Lipinski definition) is 2. The fraction of sp³-hybridized carbons (Fsp3) is 0.524. The molecule has 5 nitrogen and oxygen atoms in total. The van der Waals surface area contributed by atoms with Crippen LogP contribution in [0.3, 0.4) is 0 Å². The van der Waals surface area contributed by atoms with Gasteiger partial charge >= 0.3 is 0 Å². The third-order valence-electron chi connectivity index (χ3n) is 5.41. The first-order valence-corrected chi connectivity index (χ1v) is 10.6. The molecule has 1 aliphatic rings. The average molecular weight is 405 g/mol. The molecular weight excluding hydrogens is 375 g/mol. The smallest absolute Gasteiger partial charge is 0.191 e. The van der Waals surface area contributed by atoms with E-state index in [1.807, 2.05) is 13.0 Å². The molecule has 1 aromatic heterocycles. The Morgan fingerprint density at radius 2 is 2.07 bits per heavy atom. The van der Waals surface area contributed by atoms with Crippen molar-refractivity contribution in [1.82, 2.24) is 15.6 Å². The van der Waals surface area contributed by atoms with Crippen LogP contribution in [0.1, 0.15) is 34.0 Å². The molecule has 0 bridgehead atoms. The number of ether oxygens (including phenoxy) is 1. The van der Waals surface area contributed by atoms with Crippen LogP contribution in [-0.2, 0) is 16.6 Å². The number of rotatable bonds is 6. The molecule has 152 valence electrons. The molecule has 2 N–H and O–H groups in total. The van der Waals surface area contributed by atoms with Gasteiger partial charge in [-0.15, -0.1) is 11.3 Å². The number of thiazole rings is 1. The van der Waals surface area contributed by atoms with Crippen LogP contribution in [0.25, 0.3) is 0 Å². The van der Waals surface area contributed by atoms with Crippen molar-refractivity contribution in [2.45, 2.75) is 38.5 Å². The molecule has 0 spiro atoms. The Hall–Kier alpha value is -1.99. The summed E-state index contributed by atoms with van der Waals surface area (Å²) in [5.74, 6) is 0.562. The number of nitrogens with one attached hydrogen (secondary N) is 2. The van der Waals surface area contributed by atoms with Gasteiger partial charge < -0.3 is 15.4 Å². The summed E-state index contributed by atoms with van der Waals surface area (Å²) < 4.78 is 19.4. The predicted octanol–water partition coefficient (Wildman–Crippen LogP) is 3.35. The Morgan fingerprint density at radius 1 is 1.29 bits per heavy atom. The van der Waals surface area contributed by atoms with Crippen LogP contribution in [0.5, 0.6) is 0 Å². The highest BCUT2D eigenvalue weighted by molar-refractivity contribution is 7.11. The van der Waals surface area contributed by atoms with Gasteiger partial charge in [-0.3, -0.25) is 4.99 Å². The average Bonchev–Trinajstić information content (AvgIpc) is 3.02. The third kappa shape index (κ3) is 5.08. The topological polar surface area (TPSA) is 58.5 Å². The van der Waals surface area contributed by atoms with E-state index in [0.29, 0.717) is 19.8 Å². The Balaban J connectivity index is 1.59. The SMILES string of the molecule is CN=C(NCCc1nc(C)c(C)s1)NCC1(c2cccc(F)c2)CCOCC1. The van der Waals surface area contributed by atoms with E-state index < -0.39 is 0 Å². The molecule has 1 fully saturated rings. The molecule has 3 rings (SSSR count). The van der Waals surface area contributed by atoms with Crippen LogP contribution in [0, 0.1) is 19.7 Å². The molecule has 0 aliphatic carbocycles. The number of aliphatic imine (C=N–C) groups is 1. The van der Waals surface area contributed by atoms with E-state index >= 15 is 0 Å². The molecule has 0 atom stereocenters. The molecule has 0 saturated carbocycles. The number of aromatic nitrogens is 1. The first kappa shape index (κ1) is 20.7. The van der Waals surface area contributed by atoms with Crippen molar-refractivity contribution in [2.75, 3.05) is 33.4 Å². The fourth-order valence-corrected chi connectivity index (χ4v) is 4.49. The van der Waals surface area contributed by atoms with Crippen LogP contribution in [0.15, 0.2) is 29.3 Å². The van der Waals surface area contributed by atoms with Crippen molar-refractivity contribution in [2.24, 2.45) is 4.99 Å². The first-order valence-electron chi connectivity index (χ1n) is 9.74. The summed E-state index contributed by atoms with van der Waals surface area (Å²) in [6, 6.07) is 6.94. The van der Waals surface area contributed by atoms with Gasteiger partial charge in [-0.05, 0) is 44.4 Å². The predicted molar refractivity (Wildman–Crippen MR) is 113 cm³/mol. The highest BCUT2D eigenvalue weighted by Crippen LogP contribution is 2.34. The lowest BCUT2D eigenvalue weighted by atomic mass is 9.74. The Labute approximate surface area is 170 Å². The van der Waals surface area contributed by atoms with Crippen molar-refractivity contribution < 1.29 is 9.13 Å². The van der Waals surface area contributed by atoms with Crippen LogP contribution in [-0.4, -0.2) is 44.3 Å². The maximum absolute atomic E-state index is 13.8. The standard InChI is InChI=1S/C21H29FN4OS/c1-15-16(2)28-19(26-15)7-10-24-20(23-3)25-14-21(8-11-27-12-9-21)17-5-4-6-18(22)13-17/h4-6,13H,7-12,14H2,1-3H3,(H2,23,24,25). The van der Waals surface area contributed by atoms with E-state index in [9.17, 15) is 4.39 Å². The monoisotopic (exact) mass is 404 g/mol. The van der Waals surface area contributed by atoms with Crippen molar-refractivity contribution in [1.29, 1.82) is 0 Å². The number of nitrogens with zero attached hydrogens (tertiary/aromatic N) is 2. The summed E-state index contributed by atoms with van der Waals surface area (Å²) >= 11 is 1.75. The Bertz CT molecular complexity index is 795. The first-order chi connectivity index (χ1) is 13.5. The van der Waals surface area contributed by atoms with Gasteiger partial charge in [0.25, 0.3) is 0 Å². The van der Waals surface area contributed by atoms with Crippen LogP contribution < -0.4 is 10.6 Å². The van der Waals surface area contributed by atoms with E-state index in [2.05, 4.69) is 27.5 Å². The van der Waals surface area contributed by atoms with E-state index in [0.717, 1.165) is 48.0 Å². The molecule has 0 amide bonds. The fourth-order valence-electron chi connectivity index (χ4n) is 3.56. The molecule has 0 radical (unpaired) electrons. The van der Waals surface area contributed by atoms with Gasteiger partial charge in [0.15, 0.2) is 5.96 Å². The van der Waals surface area contributed by atoms with Gasteiger partial charge in [0.1, 0.15) is 5.82 Å². The van der Waals surface area contributed by atoms with Gasteiger partial charge in [0, 0.05) is 50.1 Å². The second-order valence-electron chi connectivity index (χ2n) is 7.25. The Morgan fingerprint density at radius 3 is 2.71 bits per heavy atom. The largest absolute Gasteiger partial charge is 0.381 e. The molecule has 1 saturated heterocycles. The van der Waals surface area contributed by atoms with Crippen molar-refractivity contribution in [3.8, 4) is 0 Å². The molecule has 0 unspecified atom stereocenters. The lowest BCUT2D eigenvalue weighted by Gasteiger charge is -2.38. The molecule has 2 aromatic rings. The summed E-state index contributed by atoms with van der Waals surface area (Å²) in [6.45, 7) is 6.98. The zero-order chi connectivity index (χ0) is 20.0. The molecule has 2 heterocycles. The molecule has 1 aromatic carbocycles. The number of benzene rings is 1. The Kier molecular flexibility index (Phi) is 7.02. The molecule has 7 heteroatoms. The zero-order valence-corrected chi connectivity index (χ0v) is 17.7. The number of hydrogen-bond acceptors (Lipinski definition) is 4. The second kappa shape index (κ2) is 9.47. The summed E-state index contributed by atoms with van der Waals surface area (Å²) in [5, 5.41) is 7.95. The van der Waals surface area contributed by atoms with Crippen molar-refractivity contribution >= 4 is 17.3 Å². The third-order valence-corrected chi connectivity index (χ3v) is 6.54. The summed E-state index contributed by atoms with van der Waals surface area (Å²) in [4.78, 5) is 10.2. The molecule has 28 heavy (non-hydrogen) atoms. The normalized spacial score (nSPS) is 16.8. The highest BCUT2D eigenvalue weighted by atomic mass is 32.1. The van der Waals surface area contributed by atoms with E-state index in [-0.39, 0.29) is 11.2 Å². The second-order valence-corrected chi connectivity index (χ2v) is 8.54. The minimum Gasteiger partial charge on any atom is -0.381 e. The zero-order valence-electron chi connectivity index (χ0n) is 16.8. The van der Waals surface area contributed by atoms with E-state index in [1.54, 1.807) is 30.5 Å². The number of aryl methyl sites for hydroxylation is 2. The number of guanidine groups is 1. The summed E-state index contributed by atoms with van der Waals surface area (Å²) in [7, 11) is 1.77. The quantitative estimate of drug-likeness (QED) is 0.573. The van der Waals surface area contributed by atoms with Gasteiger partial charge in [-0.25, -0.2) is 9.37 Å². The lowest BCUT2D eigenvalue weighted by molar-refractivity contribution is 0.0513. The maximum Gasteiger partial charge on any atom is 0.191 e.